The number of nitrogens with zero attached hydrogens (tertiary/aromatic N) is 5. The van der Waals surface area contributed by atoms with Gasteiger partial charge in [-0.15, -0.1) is 0 Å². The summed E-state index contributed by atoms with van der Waals surface area (Å²) in [7, 11) is 1.85. The van der Waals surface area contributed by atoms with E-state index < -0.39 is 0 Å². The van der Waals surface area contributed by atoms with Crippen molar-refractivity contribution in [1.29, 1.82) is 0 Å². The molecular weight excluding hydrogens is 338 g/mol. The van der Waals surface area contributed by atoms with E-state index in [0.29, 0.717) is 17.5 Å². The molecule has 1 aliphatic carbocycles. The van der Waals surface area contributed by atoms with Gasteiger partial charge in [-0.1, -0.05) is 18.9 Å². The number of aromatic nitrogens is 3. The summed E-state index contributed by atoms with van der Waals surface area (Å²) in [5.41, 5.74) is 1.80. The summed E-state index contributed by atoms with van der Waals surface area (Å²) < 4.78 is 1.70. The summed E-state index contributed by atoms with van der Waals surface area (Å²) in [6.07, 6.45) is 11.5. The van der Waals surface area contributed by atoms with Gasteiger partial charge in [-0.25, -0.2) is 0 Å². The summed E-state index contributed by atoms with van der Waals surface area (Å²) in [5, 5.41) is 4.17. The van der Waals surface area contributed by atoms with E-state index in [9.17, 15) is 4.79 Å². The van der Waals surface area contributed by atoms with E-state index >= 15 is 0 Å². The van der Waals surface area contributed by atoms with Crippen molar-refractivity contribution < 1.29 is 4.79 Å². The third-order valence-electron chi connectivity index (χ3n) is 5.93. The fourth-order valence-corrected chi connectivity index (χ4v) is 4.58. The van der Waals surface area contributed by atoms with Crippen LogP contribution in [0.4, 0.5) is 0 Å². The van der Waals surface area contributed by atoms with Crippen molar-refractivity contribution in [2.24, 2.45) is 13.0 Å². The molecule has 1 saturated carbocycles. The van der Waals surface area contributed by atoms with Crippen molar-refractivity contribution in [3.8, 4) is 0 Å². The zero-order valence-corrected chi connectivity index (χ0v) is 16.1. The minimum Gasteiger partial charge on any atom is -0.337 e. The van der Waals surface area contributed by atoms with Crippen LogP contribution in [0.5, 0.6) is 0 Å². The Morgan fingerprint density at radius 1 is 1.19 bits per heavy atom. The number of carbonyl (C=O) groups is 1. The second-order valence-corrected chi connectivity index (χ2v) is 7.98. The van der Waals surface area contributed by atoms with Gasteiger partial charge in [-0.05, 0) is 37.3 Å². The maximum absolute atomic E-state index is 13.0. The van der Waals surface area contributed by atoms with Crippen LogP contribution >= 0.6 is 0 Å². The zero-order chi connectivity index (χ0) is 18.6. The summed E-state index contributed by atoms with van der Waals surface area (Å²) in [6, 6.07) is 6.79. The molecule has 0 spiro atoms. The Balaban J connectivity index is 1.51. The van der Waals surface area contributed by atoms with Crippen molar-refractivity contribution in [2.75, 3.05) is 26.2 Å². The maximum atomic E-state index is 13.0. The quantitative estimate of drug-likeness (QED) is 0.833. The molecule has 144 valence electrons. The van der Waals surface area contributed by atoms with Gasteiger partial charge in [0.05, 0.1) is 11.8 Å². The topological polar surface area (TPSA) is 54.3 Å². The Hall–Kier alpha value is -2.21. The molecule has 6 nitrogen and oxygen atoms in total. The number of carbonyl (C=O) groups excluding carboxylic acids is 1. The van der Waals surface area contributed by atoms with E-state index in [0.717, 1.165) is 38.3 Å². The number of hydrogen-bond acceptors (Lipinski definition) is 4. The molecule has 2 aromatic heterocycles. The van der Waals surface area contributed by atoms with Gasteiger partial charge in [0.2, 0.25) is 0 Å². The first-order valence-electron chi connectivity index (χ1n) is 10.1. The van der Waals surface area contributed by atoms with Gasteiger partial charge in [-0.3, -0.25) is 19.4 Å². The third kappa shape index (κ3) is 4.38. The molecule has 0 aromatic carbocycles. The van der Waals surface area contributed by atoms with Gasteiger partial charge in [-0.2, -0.15) is 5.10 Å². The molecular formula is C21H29N5O. The normalized spacial score (nSPS) is 22.1. The molecule has 4 rings (SSSR count). The van der Waals surface area contributed by atoms with Crippen LogP contribution in [0.3, 0.4) is 0 Å². The standard InChI is InChI=1S/C21H29N5O/c1-24-16-18(13-23-24)21(27)26-11-10-25(20-7-2-3-8-20)14-17(15-26)12-19-6-4-5-9-22-19/h4-6,9,13,16-17,20H,2-3,7-8,10-12,14-15H2,1H3. The van der Waals surface area contributed by atoms with Gasteiger partial charge in [0.25, 0.3) is 5.91 Å². The van der Waals surface area contributed by atoms with Crippen LogP contribution in [-0.4, -0.2) is 62.7 Å². The number of amides is 1. The van der Waals surface area contributed by atoms with E-state index in [4.69, 9.17) is 0 Å². The molecule has 1 amide bonds. The van der Waals surface area contributed by atoms with E-state index in [1.165, 1.54) is 25.7 Å². The van der Waals surface area contributed by atoms with E-state index in [1.54, 1.807) is 10.9 Å². The monoisotopic (exact) mass is 367 g/mol. The highest BCUT2D eigenvalue weighted by Gasteiger charge is 2.31. The largest absolute Gasteiger partial charge is 0.337 e. The minimum absolute atomic E-state index is 0.0994. The smallest absolute Gasteiger partial charge is 0.257 e. The van der Waals surface area contributed by atoms with Crippen molar-refractivity contribution >= 4 is 5.91 Å². The van der Waals surface area contributed by atoms with Crippen LogP contribution in [0.25, 0.3) is 0 Å². The average molecular weight is 367 g/mol. The van der Waals surface area contributed by atoms with Gasteiger partial charge >= 0.3 is 0 Å². The molecule has 27 heavy (non-hydrogen) atoms. The molecule has 1 unspecified atom stereocenters. The Morgan fingerprint density at radius 3 is 2.74 bits per heavy atom. The van der Waals surface area contributed by atoms with Crippen LogP contribution in [0.2, 0.25) is 0 Å². The lowest BCUT2D eigenvalue weighted by molar-refractivity contribution is 0.0744. The summed E-state index contributed by atoms with van der Waals surface area (Å²) in [6.45, 7) is 3.60. The van der Waals surface area contributed by atoms with Crippen LogP contribution in [0, 0.1) is 5.92 Å². The molecule has 0 bridgehead atoms. The Kier molecular flexibility index (Phi) is 5.53. The van der Waals surface area contributed by atoms with Gasteiger partial charge < -0.3 is 4.90 Å². The molecule has 1 aliphatic heterocycles. The number of rotatable bonds is 4. The van der Waals surface area contributed by atoms with Gasteiger partial charge in [0.1, 0.15) is 0 Å². The van der Waals surface area contributed by atoms with Crippen molar-refractivity contribution in [3.05, 3.63) is 48.0 Å². The Bertz CT molecular complexity index is 753. The average Bonchev–Trinajstić information content (AvgIpc) is 3.32. The first-order chi connectivity index (χ1) is 13.2. The van der Waals surface area contributed by atoms with Crippen molar-refractivity contribution in [1.82, 2.24) is 24.6 Å². The van der Waals surface area contributed by atoms with E-state index in [-0.39, 0.29) is 5.91 Å². The highest BCUT2D eigenvalue weighted by Crippen LogP contribution is 2.26. The summed E-state index contributed by atoms with van der Waals surface area (Å²) in [5.74, 6) is 0.506. The number of aryl methyl sites for hydroxylation is 1. The molecule has 2 aliphatic rings. The molecule has 2 aromatic rings. The highest BCUT2D eigenvalue weighted by molar-refractivity contribution is 5.93. The Labute approximate surface area is 161 Å². The van der Waals surface area contributed by atoms with Gasteiger partial charge in [0.15, 0.2) is 0 Å². The van der Waals surface area contributed by atoms with Crippen LogP contribution in [0.1, 0.15) is 41.7 Å². The van der Waals surface area contributed by atoms with E-state index in [2.05, 4.69) is 21.0 Å². The highest BCUT2D eigenvalue weighted by atomic mass is 16.2. The molecule has 2 fully saturated rings. The molecule has 0 radical (unpaired) electrons. The second-order valence-electron chi connectivity index (χ2n) is 7.98. The van der Waals surface area contributed by atoms with E-state index in [1.807, 2.05) is 36.5 Å². The summed E-state index contributed by atoms with van der Waals surface area (Å²) in [4.78, 5) is 22.2. The molecule has 1 atom stereocenters. The zero-order valence-electron chi connectivity index (χ0n) is 16.1. The summed E-state index contributed by atoms with van der Waals surface area (Å²) >= 11 is 0. The lowest BCUT2D eigenvalue weighted by Gasteiger charge is -2.29. The maximum Gasteiger partial charge on any atom is 0.257 e. The molecule has 3 heterocycles. The number of hydrogen-bond donors (Lipinski definition) is 0. The molecule has 1 saturated heterocycles. The molecule has 6 heteroatoms. The van der Waals surface area contributed by atoms with Crippen LogP contribution in [-0.2, 0) is 13.5 Å². The minimum atomic E-state index is 0.0994. The predicted molar refractivity (Wildman–Crippen MR) is 104 cm³/mol. The first kappa shape index (κ1) is 18.2. The fourth-order valence-electron chi connectivity index (χ4n) is 4.58. The SMILES string of the molecule is Cn1cc(C(=O)N2CCN(C3CCCC3)CC(Cc3ccccn3)C2)cn1. The third-order valence-corrected chi connectivity index (χ3v) is 5.93. The van der Waals surface area contributed by atoms with Crippen LogP contribution < -0.4 is 0 Å². The second kappa shape index (κ2) is 8.21. The lowest BCUT2D eigenvalue weighted by Crippen LogP contribution is -2.38. The van der Waals surface area contributed by atoms with Crippen molar-refractivity contribution in [2.45, 2.75) is 38.1 Å². The lowest BCUT2D eigenvalue weighted by atomic mass is 10.0. The van der Waals surface area contributed by atoms with Crippen molar-refractivity contribution in [3.63, 3.8) is 0 Å². The predicted octanol–water partition coefficient (Wildman–Crippen LogP) is 2.37. The van der Waals surface area contributed by atoms with Gasteiger partial charge in [0, 0.05) is 57.4 Å². The van der Waals surface area contributed by atoms with Crippen LogP contribution in [0.15, 0.2) is 36.8 Å². The molecule has 0 N–H and O–H groups in total. The first-order valence-corrected chi connectivity index (χ1v) is 10.1. The fraction of sp³-hybridized carbons (Fsp3) is 0.571. The Morgan fingerprint density at radius 2 is 2.04 bits per heavy atom. The number of pyridine rings is 1.